The molecule has 0 fully saturated rings. The van der Waals surface area contributed by atoms with Gasteiger partial charge >= 0.3 is 0 Å². The van der Waals surface area contributed by atoms with Crippen LogP contribution < -0.4 is 10.4 Å². The van der Waals surface area contributed by atoms with Crippen LogP contribution in [0.4, 0.5) is 11.4 Å². The second kappa shape index (κ2) is 6.91. The van der Waals surface area contributed by atoms with Gasteiger partial charge in [0.25, 0.3) is 0 Å². The average Bonchev–Trinajstić information content (AvgIpc) is 2.51. The third-order valence-corrected chi connectivity index (χ3v) is 5.98. The first kappa shape index (κ1) is 18.4. The molecule has 0 radical (unpaired) electrons. The molecule has 0 spiro atoms. The molecule has 24 heavy (non-hydrogen) atoms. The van der Waals surface area contributed by atoms with Crippen LogP contribution in [0.3, 0.4) is 0 Å². The summed E-state index contributed by atoms with van der Waals surface area (Å²) in [7, 11) is 0.0251. The number of hydrogen-bond acceptors (Lipinski definition) is 4. The Kier molecular flexibility index (Phi) is 5.30. The van der Waals surface area contributed by atoms with Gasteiger partial charge in [0.2, 0.25) is 0 Å². The van der Waals surface area contributed by atoms with Gasteiger partial charge in [-0.1, -0.05) is 29.3 Å². The maximum atomic E-state index is 12.9. The van der Waals surface area contributed by atoms with Crippen LogP contribution in [0.15, 0.2) is 40.3 Å². The number of rotatable bonds is 5. The molecule has 7 heteroatoms. The van der Waals surface area contributed by atoms with E-state index in [4.69, 9.17) is 17.1 Å². The Morgan fingerprint density at radius 2 is 1.83 bits per heavy atom. The minimum absolute atomic E-state index is 0.103. The Bertz CT molecular complexity index is 893. The van der Waals surface area contributed by atoms with Crippen molar-refractivity contribution in [3.8, 4) is 0 Å². The number of nitrogens with zero attached hydrogens (tertiary/aromatic N) is 2. The van der Waals surface area contributed by atoms with E-state index in [9.17, 15) is 8.42 Å². The minimum Gasteiger partial charge on any atom is -0.378 e. The van der Waals surface area contributed by atoms with Gasteiger partial charge in [-0.2, -0.15) is 5.53 Å². The van der Waals surface area contributed by atoms with E-state index < -0.39 is 9.84 Å². The van der Waals surface area contributed by atoms with Crippen molar-refractivity contribution < 1.29 is 13.9 Å². The fourth-order valence-electron chi connectivity index (χ4n) is 2.56. The van der Waals surface area contributed by atoms with Gasteiger partial charge in [0.05, 0.1) is 5.75 Å². The molecule has 0 aliphatic carbocycles. The first-order chi connectivity index (χ1) is 11.2. The monoisotopic (exact) mass is 366 g/mol. The van der Waals surface area contributed by atoms with Gasteiger partial charge in [0.1, 0.15) is 10.6 Å². The summed E-state index contributed by atoms with van der Waals surface area (Å²) in [6.07, 6.45) is 0. The second-order valence-electron chi connectivity index (χ2n) is 5.99. The van der Waals surface area contributed by atoms with Crippen molar-refractivity contribution in [2.75, 3.05) is 19.0 Å². The van der Waals surface area contributed by atoms with Gasteiger partial charge in [0, 0.05) is 24.8 Å². The predicted molar refractivity (Wildman–Crippen MR) is 96.6 cm³/mol. The van der Waals surface area contributed by atoms with E-state index in [0.29, 0.717) is 10.6 Å². The van der Waals surface area contributed by atoms with Crippen LogP contribution in [0, 0.1) is 13.8 Å². The number of benzene rings is 2. The summed E-state index contributed by atoms with van der Waals surface area (Å²) in [5, 5.41) is 4.08. The zero-order chi connectivity index (χ0) is 18.1. The normalized spacial score (nSPS) is 11.4. The molecule has 0 saturated carbocycles. The highest BCUT2D eigenvalue weighted by molar-refractivity contribution is 7.90. The van der Waals surface area contributed by atoms with Crippen LogP contribution in [0.5, 0.6) is 0 Å². The third kappa shape index (κ3) is 3.76. The largest absolute Gasteiger partial charge is 0.378 e. The zero-order valence-electron chi connectivity index (χ0n) is 14.2. The number of anilines is 1. The van der Waals surface area contributed by atoms with E-state index in [1.165, 1.54) is 0 Å². The Hall–Kier alpha value is -1.92. The molecule has 5 nitrogen and oxygen atoms in total. The number of nitrogens with two attached hydrogens (primary N) is 1. The van der Waals surface area contributed by atoms with Crippen molar-refractivity contribution in [3.63, 3.8) is 0 Å². The maximum absolute atomic E-state index is 12.9. The molecule has 0 bridgehead atoms. The second-order valence-corrected chi connectivity index (χ2v) is 8.33. The number of aryl methyl sites for hydroxylation is 2. The summed E-state index contributed by atoms with van der Waals surface area (Å²) in [4.78, 5) is 1.93. The molecule has 0 amide bonds. The molecular weight excluding hydrogens is 346 g/mol. The summed E-state index contributed by atoms with van der Waals surface area (Å²) in [5.74, 6) is -0.201. The first-order valence-electron chi connectivity index (χ1n) is 7.36. The van der Waals surface area contributed by atoms with Crippen molar-refractivity contribution in [1.82, 2.24) is 0 Å². The van der Waals surface area contributed by atoms with Crippen LogP contribution >= 0.6 is 11.6 Å². The number of sulfone groups is 1. The summed E-state index contributed by atoms with van der Waals surface area (Å²) in [5.41, 5.74) is 8.76. The van der Waals surface area contributed by atoms with Crippen molar-refractivity contribution in [1.29, 1.82) is 0 Å². The van der Waals surface area contributed by atoms with Crippen molar-refractivity contribution >= 4 is 32.8 Å². The molecule has 0 aliphatic rings. The van der Waals surface area contributed by atoms with Crippen molar-refractivity contribution in [2.45, 2.75) is 24.5 Å². The molecule has 0 unspecified atom stereocenters. The van der Waals surface area contributed by atoms with Gasteiger partial charge in [-0.3, -0.25) is 0 Å². The van der Waals surface area contributed by atoms with Crippen LogP contribution in [-0.2, 0) is 15.6 Å². The molecule has 2 aromatic rings. The summed E-state index contributed by atoms with van der Waals surface area (Å²) < 4.78 is 25.9. The fraction of sp³-hybridized carbons (Fsp3) is 0.294. The smallest absolute Gasteiger partial charge is 0.185 e. The van der Waals surface area contributed by atoms with E-state index in [1.807, 2.05) is 38.9 Å². The molecule has 0 aliphatic heterocycles. The van der Waals surface area contributed by atoms with Gasteiger partial charge in [0.15, 0.2) is 9.84 Å². The molecule has 0 aromatic heterocycles. The standard InChI is InChI=1S/C17H20ClN3O2S/c1-11-7-12(2)17(18)13(8-11)10-24(22,23)16-9-14(21(3)4)5-6-15(16)20-19/h5-9,19H,10H2,1-4H3/p+1. The lowest BCUT2D eigenvalue weighted by molar-refractivity contribution is -0.210. The van der Waals surface area contributed by atoms with Gasteiger partial charge < -0.3 is 4.90 Å². The number of hydrogen-bond donors (Lipinski definition) is 1. The lowest BCUT2D eigenvalue weighted by Crippen LogP contribution is -2.23. The van der Waals surface area contributed by atoms with E-state index in [-0.39, 0.29) is 16.3 Å². The molecule has 0 heterocycles. The Morgan fingerprint density at radius 1 is 1.17 bits per heavy atom. The van der Waals surface area contributed by atoms with Crippen LogP contribution in [-0.4, -0.2) is 22.5 Å². The van der Waals surface area contributed by atoms with Crippen LogP contribution in [0.25, 0.3) is 0 Å². The van der Waals surface area contributed by atoms with Gasteiger partial charge in [-0.15, -0.1) is 0 Å². The highest BCUT2D eigenvalue weighted by Crippen LogP contribution is 2.32. The van der Waals surface area contributed by atoms with Crippen molar-refractivity contribution in [3.05, 3.63) is 52.0 Å². The van der Waals surface area contributed by atoms with Crippen LogP contribution in [0.2, 0.25) is 5.02 Å². The summed E-state index contributed by atoms with van der Waals surface area (Å²) >= 11 is 6.29. The SMILES string of the molecule is Cc1cc(C)c(Cl)c(CS(=O)(=O)c2cc(N(C)C)ccc2N=[NH2+])c1. The molecule has 2 N–H and O–H groups in total. The molecule has 128 valence electrons. The number of halogens is 1. The quantitative estimate of drug-likeness (QED) is 0.827. The topological polar surface area (TPSA) is 75.3 Å². The average molecular weight is 367 g/mol. The van der Waals surface area contributed by atoms with E-state index in [2.05, 4.69) is 5.11 Å². The molecule has 2 rings (SSSR count). The molecule has 2 aromatic carbocycles. The third-order valence-electron chi connectivity index (χ3n) is 3.75. The Balaban J connectivity index is 2.55. The lowest BCUT2D eigenvalue weighted by Gasteiger charge is -2.15. The van der Waals surface area contributed by atoms with E-state index >= 15 is 0 Å². The highest BCUT2D eigenvalue weighted by Gasteiger charge is 2.23. The zero-order valence-corrected chi connectivity index (χ0v) is 15.7. The van der Waals surface area contributed by atoms with Crippen LogP contribution in [0.1, 0.15) is 16.7 Å². The Labute approximate surface area is 147 Å². The molecule has 0 atom stereocenters. The molecule has 0 saturated heterocycles. The van der Waals surface area contributed by atoms with E-state index in [1.54, 1.807) is 24.3 Å². The summed E-state index contributed by atoms with van der Waals surface area (Å²) in [6.45, 7) is 3.77. The summed E-state index contributed by atoms with van der Waals surface area (Å²) in [6, 6.07) is 8.67. The highest BCUT2D eigenvalue weighted by atomic mass is 35.5. The maximum Gasteiger partial charge on any atom is 0.185 e. The van der Waals surface area contributed by atoms with Gasteiger partial charge in [-0.25, -0.2) is 8.42 Å². The molecular formula is C17H21ClN3O2S+. The first-order valence-corrected chi connectivity index (χ1v) is 9.39. The Morgan fingerprint density at radius 3 is 2.42 bits per heavy atom. The predicted octanol–water partition coefficient (Wildman–Crippen LogP) is 2.84. The van der Waals surface area contributed by atoms with Crippen molar-refractivity contribution in [2.24, 2.45) is 5.11 Å². The van der Waals surface area contributed by atoms with E-state index in [0.717, 1.165) is 16.8 Å². The fourth-order valence-corrected chi connectivity index (χ4v) is 4.35. The minimum atomic E-state index is -3.65. The lowest BCUT2D eigenvalue weighted by atomic mass is 10.1. The van der Waals surface area contributed by atoms with Gasteiger partial charge in [-0.05, 0) is 48.3 Å².